The molecule has 0 radical (unpaired) electrons. The largest absolute Gasteiger partial charge is 0.0619 e. The molecule has 0 aliphatic heterocycles. The van der Waals surface area contributed by atoms with Crippen molar-refractivity contribution in [3.63, 3.8) is 0 Å². The highest BCUT2D eigenvalue weighted by atomic mass is 14.6. The van der Waals surface area contributed by atoms with Crippen LogP contribution in [0.3, 0.4) is 0 Å². The van der Waals surface area contributed by atoms with Gasteiger partial charge < -0.3 is 0 Å². The van der Waals surface area contributed by atoms with Gasteiger partial charge in [0, 0.05) is 0 Å². The normalized spacial score (nSPS) is 47.8. The lowest BCUT2D eigenvalue weighted by molar-refractivity contribution is -0.153. The Morgan fingerprint density at radius 3 is 1.18 bits per heavy atom. The van der Waals surface area contributed by atoms with Gasteiger partial charge in [-0.05, 0) is 41.4 Å². The quantitative estimate of drug-likeness (QED) is 0.650. The fourth-order valence-corrected chi connectivity index (χ4v) is 5.66. The number of hydrogen-bond acceptors (Lipinski definition) is 0. The fourth-order valence-electron chi connectivity index (χ4n) is 5.66. The van der Waals surface area contributed by atoms with E-state index in [9.17, 15) is 0 Å². The van der Waals surface area contributed by atoms with E-state index in [0.29, 0.717) is 0 Å². The smallest absolute Gasteiger partial charge is 0.0318 e. The minimum atomic E-state index is 1.09. The summed E-state index contributed by atoms with van der Waals surface area (Å²) in [6.45, 7) is 2.61. The van der Waals surface area contributed by atoms with Crippen LogP contribution in [0, 0.1) is 41.4 Å². The van der Waals surface area contributed by atoms with Crippen molar-refractivity contribution in [2.75, 3.05) is 0 Å². The van der Waals surface area contributed by atoms with Gasteiger partial charge in [0.05, 0.1) is 0 Å². The summed E-state index contributed by atoms with van der Waals surface area (Å²) in [5, 5.41) is 0. The zero-order valence-corrected chi connectivity index (χ0v) is 11.4. The molecule has 17 heavy (non-hydrogen) atoms. The summed E-state index contributed by atoms with van der Waals surface area (Å²) in [4.78, 5) is 0. The topological polar surface area (TPSA) is 0 Å². The van der Waals surface area contributed by atoms with Crippen LogP contribution < -0.4 is 0 Å². The Kier molecular flexibility index (Phi) is 2.56. The monoisotopic (exact) mass is 232 g/mol. The molecule has 4 rings (SSSR count). The lowest BCUT2D eigenvalue weighted by Gasteiger charge is -2.64. The Labute approximate surface area is 107 Å². The molecule has 0 aromatic heterocycles. The summed E-state index contributed by atoms with van der Waals surface area (Å²) >= 11 is 0. The van der Waals surface area contributed by atoms with Crippen LogP contribution in [-0.4, -0.2) is 0 Å². The molecular weight excluding hydrogens is 204 g/mol. The van der Waals surface area contributed by atoms with Gasteiger partial charge >= 0.3 is 0 Å². The molecule has 0 saturated heterocycles. The van der Waals surface area contributed by atoms with Crippen molar-refractivity contribution in [1.82, 2.24) is 0 Å². The van der Waals surface area contributed by atoms with Crippen molar-refractivity contribution in [3.05, 3.63) is 0 Å². The number of rotatable bonds is 3. The molecule has 0 spiro atoms. The van der Waals surface area contributed by atoms with Crippen LogP contribution in [-0.2, 0) is 0 Å². The first-order chi connectivity index (χ1) is 8.36. The molecule has 2 unspecified atom stereocenters. The van der Waals surface area contributed by atoms with Gasteiger partial charge in [-0.25, -0.2) is 0 Å². The molecule has 0 amide bonds. The Morgan fingerprint density at radius 1 is 0.529 bits per heavy atom. The highest BCUT2D eigenvalue weighted by molar-refractivity contribution is 5.06. The van der Waals surface area contributed by atoms with E-state index >= 15 is 0 Å². The first kappa shape index (κ1) is 10.9. The van der Waals surface area contributed by atoms with Crippen molar-refractivity contribution in [2.24, 2.45) is 41.4 Å². The van der Waals surface area contributed by atoms with Gasteiger partial charge in [-0.1, -0.05) is 64.7 Å². The molecule has 0 bridgehead atoms. The molecule has 2 atom stereocenters. The van der Waals surface area contributed by atoms with Crippen LogP contribution in [0.15, 0.2) is 0 Å². The maximum absolute atomic E-state index is 2.61. The van der Waals surface area contributed by atoms with E-state index in [1.54, 1.807) is 57.8 Å². The van der Waals surface area contributed by atoms with E-state index in [1.165, 1.54) is 23.7 Å². The maximum Gasteiger partial charge on any atom is -0.0318 e. The molecule has 0 heterocycles. The van der Waals surface area contributed by atoms with Crippen LogP contribution in [0.1, 0.15) is 64.7 Å². The Morgan fingerprint density at radius 2 is 0.882 bits per heavy atom. The second-order valence-electron chi connectivity index (χ2n) is 7.66. The van der Waals surface area contributed by atoms with Gasteiger partial charge in [0.25, 0.3) is 0 Å². The van der Waals surface area contributed by atoms with Crippen molar-refractivity contribution >= 4 is 0 Å². The predicted octanol–water partition coefficient (Wildman–Crippen LogP) is 4.89. The highest BCUT2D eigenvalue weighted by Crippen LogP contribution is 2.64. The van der Waals surface area contributed by atoms with Gasteiger partial charge in [0.15, 0.2) is 0 Å². The van der Waals surface area contributed by atoms with Gasteiger partial charge in [-0.3, -0.25) is 0 Å². The summed E-state index contributed by atoms with van der Waals surface area (Å²) in [5.74, 6) is 8.10. The molecule has 96 valence electrons. The zero-order chi connectivity index (χ0) is 11.4. The van der Waals surface area contributed by atoms with Gasteiger partial charge in [-0.15, -0.1) is 0 Å². The molecule has 4 fully saturated rings. The average Bonchev–Trinajstić information content (AvgIpc) is 2.11. The van der Waals surface area contributed by atoms with Gasteiger partial charge in [0.2, 0.25) is 0 Å². The third-order valence-electron chi connectivity index (χ3n) is 7.19. The minimum absolute atomic E-state index is 1.09. The van der Waals surface area contributed by atoms with E-state index in [1.807, 2.05) is 0 Å². The van der Waals surface area contributed by atoms with Gasteiger partial charge in [-0.2, -0.15) is 0 Å². The molecule has 0 nitrogen and oxygen atoms in total. The molecule has 4 aliphatic rings. The molecular formula is C17H28. The van der Waals surface area contributed by atoms with Crippen LogP contribution in [0.5, 0.6) is 0 Å². The standard InChI is InChI=1S/C17H28/c1-11-15(12-5-2-6-12)17(14-9-4-10-14)16(11)13-7-3-8-13/h11-17H,2-10H2,1H3. The second-order valence-corrected chi connectivity index (χ2v) is 7.66. The molecule has 0 heteroatoms. The fraction of sp³-hybridized carbons (Fsp3) is 1.00. The number of hydrogen-bond donors (Lipinski definition) is 0. The Balaban J connectivity index is 1.50. The third-order valence-corrected chi connectivity index (χ3v) is 7.19. The minimum Gasteiger partial charge on any atom is -0.0619 e. The summed E-state index contributed by atoms with van der Waals surface area (Å²) < 4.78 is 0. The van der Waals surface area contributed by atoms with E-state index < -0.39 is 0 Å². The molecule has 0 N–H and O–H groups in total. The summed E-state index contributed by atoms with van der Waals surface area (Å²) in [6.07, 6.45) is 14.1. The molecule has 4 saturated carbocycles. The average molecular weight is 232 g/mol. The van der Waals surface area contributed by atoms with Gasteiger partial charge in [0.1, 0.15) is 0 Å². The summed E-state index contributed by atoms with van der Waals surface area (Å²) in [7, 11) is 0. The third kappa shape index (κ3) is 1.48. The van der Waals surface area contributed by atoms with Crippen molar-refractivity contribution in [3.8, 4) is 0 Å². The van der Waals surface area contributed by atoms with E-state index in [0.717, 1.165) is 17.8 Å². The lowest BCUT2D eigenvalue weighted by atomic mass is 9.41. The lowest BCUT2D eigenvalue weighted by Crippen LogP contribution is -2.57. The van der Waals surface area contributed by atoms with Crippen LogP contribution >= 0.6 is 0 Å². The second kappa shape index (κ2) is 4.00. The van der Waals surface area contributed by atoms with Crippen molar-refractivity contribution in [1.29, 1.82) is 0 Å². The predicted molar refractivity (Wildman–Crippen MR) is 71.7 cm³/mol. The summed E-state index contributed by atoms with van der Waals surface area (Å²) in [6, 6.07) is 0. The first-order valence-electron chi connectivity index (χ1n) is 8.36. The van der Waals surface area contributed by atoms with Crippen molar-refractivity contribution < 1.29 is 0 Å². The molecule has 0 aromatic rings. The zero-order valence-electron chi connectivity index (χ0n) is 11.4. The van der Waals surface area contributed by atoms with E-state index in [-0.39, 0.29) is 0 Å². The summed E-state index contributed by atoms with van der Waals surface area (Å²) in [5.41, 5.74) is 0. The van der Waals surface area contributed by atoms with E-state index in [4.69, 9.17) is 0 Å². The molecule has 4 aliphatic carbocycles. The van der Waals surface area contributed by atoms with Crippen LogP contribution in [0.4, 0.5) is 0 Å². The Hall–Kier alpha value is 0. The molecule has 0 aromatic carbocycles. The first-order valence-corrected chi connectivity index (χ1v) is 8.36. The Bertz CT molecular complexity index is 260. The maximum atomic E-state index is 2.61. The highest BCUT2D eigenvalue weighted by Gasteiger charge is 2.57. The van der Waals surface area contributed by atoms with E-state index in [2.05, 4.69) is 6.92 Å². The van der Waals surface area contributed by atoms with Crippen LogP contribution in [0.2, 0.25) is 0 Å². The van der Waals surface area contributed by atoms with Crippen molar-refractivity contribution in [2.45, 2.75) is 64.7 Å². The van der Waals surface area contributed by atoms with Crippen LogP contribution in [0.25, 0.3) is 0 Å². The SMILES string of the molecule is CC1C(C2CCC2)C(C2CCC2)C1C1CCC1.